The maximum absolute atomic E-state index is 15.1. The highest BCUT2D eigenvalue weighted by Gasteiger charge is 2.22. The van der Waals surface area contributed by atoms with Gasteiger partial charge in [-0.2, -0.15) is 0 Å². The lowest BCUT2D eigenvalue weighted by atomic mass is 10.1. The fourth-order valence-electron chi connectivity index (χ4n) is 2.44. The third kappa shape index (κ3) is 4.63. The summed E-state index contributed by atoms with van der Waals surface area (Å²) in [5, 5.41) is 3.27. The minimum atomic E-state index is -0.649. The van der Waals surface area contributed by atoms with Gasteiger partial charge in [0.25, 0.3) is 5.91 Å². The number of nitrogens with one attached hydrogen (secondary N) is 2. The Hall–Kier alpha value is -2.16. The lowest BCUT2D eigenvalue weighted by Crippen LogP contribution is -2.25. The van der Waals surface area contributed by atoms with Gasteiger partial charge in [-0.05, 0) is 31.2 Å². The highest BCUT2D eigenvalue weighted by Crippen LogP contribution is 2.34. The molecule has 0 aliphatic rings. The van der Waals surface area contributed by atoms with Crippen LogP contribution in [0.4, 0.5) is 15.8 Å². The molecule has 1 amide bonds. The molecule has 28 heavy (non-hydrogen) atoms. The smallest absolute Gasteiger partial charge is 0.277 e. The van der Waals surface area contributed by atoms with E-state index in [-0.39, 0.29) is 23.4 Å². The summed E-state index contributed by atoms with van der Waals surface area (Å²) in [5.41, 5.74) is 3.42. The van der Waals surface area contributed by atoms with E-state index in [0.717, 1.165) is 4.47 Å². The van der Waals surface area contributed by atoms with Gasteiger partial charge in [0.1, 0.15) is 5.52 Å². The molecule has 150 valence electrons. The first-order valence-corrected chi connectivity index (χ1v) is 9.87. The van der Waals surface area contributed by atoms with Crippen LogP contribution in [0.5, 0.6) is 0 Å². The largest absolute Gasteiger partial charge is 0.351 e. The molecular weight excluding hydrogens is 451 g/mol. The van der Waals surface area contributed by atoms with E-state index in [1.165, 1.54) is 6.33 Å². The third-order valence-corrected chi connectivity index (χ3v) is 4.51. The summed E-state index contributed by atoms with van der Waals surface area (Å²) in [6.45, 7) is 6.01. The number of aromatic nitrogens is 2. The number of aryl methyl sites for hydroxylation is 1. The molecule has 0 saturated heterocycles. The van der Waals surface area contributed by atoms with Gasteiger partial charge in [0.2, 0.25) is 0 Å². The van der Waals surface area contributed by atoms with Crippen molar-refractivity contribution in [3.8, 4) is 0 Å². The number of fused-ring (bicyclic) bond motifs is 1. The van der Waals surface area contributed by atoms with Gasteiger partial charge in [0, 0.05) is 11.5 Å². The van der Waals surface area contributed by atoms with Gasteiger partial charge >= 0.3 is 0 Å². The summed E-state index contributed by atoms with van der Waals surface area (Å²) in [5.74, 6) is -1.23. The molecule has 0 aliphatic heterocycles. The van der Waals surface area contributed by atoms with E-state index in [1.54, 1.807) is 42.8 Å². The van der Waals surface area contributed by atoms with Crippen LogP contribution in [0.25, 0.3) is 11.0 Å². The number of nitrogens with zero attached hydrogens (tertiary/aromatic N) is 2. The lowest BCUT2D eigenvalue weighted by molar-refractivity contribution is 0.0365. The second kappa shape index (κ2) is 9.86. The summed E-state index contributed by atoms with van der Waals surface area (Å²) in [6, 6.07) is 6.65. The predicted molar refractivity (Wildman–Crippen MR) is 114 cm³/mol. The van der Waals surface area contributed by atoms with Gasteiger partial charge in [0.05, 0.1) is 40.4 Å². The molecule has 1 aromatic heterocycles. The van der Waals surface area contributed by atoms with Crippen LogP contribution in [-0.4, -0.2) is 22.1 Å². The van der Waals surface area contributed by atoms with Gasteiger partial charge in [-0.15, -0.1) is 0 Å². The second-order valence-electron chi connectivity index (χ2n) is 5.45. The summed E-state index contributed by atoms with van der Waals surface area (Å²) in [6.07, 6.45) is 1.48. The van der Waals surface area contributed by atoms with Crippen LogP contribution in [0.15, 0.2) is 35.1 Å². The van der Waals surface area contributed by atoms with Crippen molar-refractivity contribution in [2.45, 2.75) is 20.8 Å². The molecule has 0 fully saturated rings. The molecule has 0 atom stereocenters. The average molecular weight is 472 g/mol. The quantitative estimate of drug-likeness (QED) is 0.477. The number of hydrogen-bond acceptors (Lipinski definition) is 4. The van der Waals surface area contributed by atoms with E-state index < -0.39 is 11.7 Å². The van der Waals surface area contributed by atoms with Crippen molar-refractivity contribution in [2.75, 3.05) is 11.9 Å². The van der Waals surface area contributed by atoms with Gasteiger partial charge in [0.15, 0.2) is 5.82 Å². The number of benzene rings is 2. The van der Waals surface area contributed by atoms with Crippen molar-refractivity contribution in [1.82, 2.24) is 15.0 Å². The molecule has 1 heterocycles. The molecule has 0 spiro atoms. The summed E-state index contributed by atoms with van der Waals surface area (Å²) in [7, 11) is 1.72. The van der Waals surface area contributed by atoms with Crippen molar-refractivity contribution in [3.05, 3.63) is 51.5 Å². The molecule has 3 rings (SSSR count). The summed E-state index contributed by atoms with van der Waals surface area (Å²) < 4.78 is 17.5. The van der Waals surface area contributed by atoms with Crippen LogP contribution >= 0.6 is 27.5 Å². The van der Waals surface area contributed by atoms with Crippen molar-refractivity contribution >= 4 is 55.8 Å². The number of hydroxylamine groups is 1. The molecule has 0 saturated carbocycles. The van der Waals surface area contributed by atoms with Gasteiger partial charge in [-0.3, -0.25) is 9.63 Å². The molecule has 6 nitrogen and oxygen atoms in total. The van der Waals surface area contributed by atoms with E-state index in [2.05, 4.69) is 31.7 Å². The van der Waals surface area contributed by atoms with Gasteiger partial charge < -0.3 is 9.88 Å². The Balaban J connectivity index is 0.00000136. The number of hydrogen-bond donors (Lipinski definition) is 2. The molecule has 0 aliphatic carbocycles. The Morgan fingerprint density at radius 2 is 2.07 bits per heavy atom. The Kier molecular flexibility index (Phi) is 7.79. The minimum Gasteiger partial charge on any atom is -0.351 e. The van der Waals surface area contributed by atoms with Crippen molar-refractivity contribution in [2.24, 2.45) is 7.05 Å². The van der Waals surface area contributed by atoms with E-state index in [4.69, 9.17) is 16.4 Å². The molecule has 3 aromatic rings. The fourth-order valence-corrected chi connectivity index (χ4v) is 3.16. The number of rotatable bonds is 5. The monoisotopic (exact) mass is 470 g/mol. The standard InChI is InChI=1S/C17H15BrClFN4O2.C2H6/c1-3-26-23-17(25)10-7-13-16(21-8-24(13)2)14(20)15(10)22-12-5-4-9(18)6-11(12)19;1-2/h4-8,22H,3H2,1-2H3,(H,23,25);1-2H3. The lowest BCUT2D eigenvalue weighted by Gasteiger charge is -2.15. The van der Waals surface area contributed by atoms with E-state index >= 15 is 4.39 Å². The first-order valence-electron chi connectivity index (χ1n) is 8.70. The number of anilines is 2. The number of carbonyl (C=O) groups is 1. The van der Waals surface area contributed by atoms with Crippen molar-refractivity contribution in [3.63, 3.8) is 0 Å². The van der Waals surface area contributed by atoms with Crippen LogP contribution in [-0.2, 0) is 11.9 Å². The molecule has 2 N–H and O–H groups in total. The number of imidazole rings is 1. The molecule has 2 aromatic carbocycles. The SMILES string of the molecule is CC.CCONC(=O)c1cc2c(ncn2C)c(F)c1Nc1ccc(Br)cc1Cl. The van der Waals surface area contributed by atoms with Crippen LogP contribution in [0.2, 0.25) is 5.02 Å². The first-order chi connectivity index (χ1) is 13.4. The normalized spacial score (nSPS) is 10.4. The molecule has 0 radical (unpaired) electrons. The van der Waals surface area contributed by atoms with Gasteiger partial charge in [-0.1, -0.05) is 41.4 Å². The molecule has 0 bridgehead atoms. The van der Waals surface area contributed by atoms with E-state index in [1.807, 2.05) is 13.8 Å². The first kappa shape index (κ1) is 22.1. The second-order valence-corrected chi connectivity index (χ2v) is 6.77. The van der Waals surface area contributed by atoms with E-state index in [9.17, 15) is 4.79 Å². The van der Waals surface area contributed by atoms with Crippen molar-refractivity contribution in [1.29, 1.82) is 0 Å². The fraction of sp³-hybridized carbons (Fsp3) is 0.263. The highest BCUT2D eigenvalue weighted by atomic mass is 79.9. The topological polar surface area (TPSA) is 68.2 Å². The van der Waals surface area contributed by atoms with Crippen LogP contribution in [0.3, 0.4) is 0 Å². The number of amides is 1. The van der Waals surface area contributed by atoms with Crippen molar-refractivity contribution < 1.29 is 14.0 Å². The zero-order valence-electron chi connectivity index (χ0n) is 15.9. The zero-order valence-corrected chi connectivity index (χ0v) is 18.3. The maximum atomic E-state index is 15.1. The van der Waals surface area contributed by atoms with Crippen LogP contribution in [0, 0.1) is 5.82 Å². The highest BCUT2D eigenvalue weighted by molar-refractivity contribution is 9.10. The molecule has 0 unspecified atom stereocenters. The number of halogens is 3. The maximum Gasteiger partial charge on any atom is 0.277 e. The minimum absolute atomic E-state index is 0.0300. The van der Waals surface area contributed by atoms with Crippen LogP contribution < -0.4 is 10.8 Å². The van der Waals surface area contributed by atoms with Crippen LogP contribution in [0.1, 0.15) is 31.1 Å². The Labute approximate surface area is 176 Å². The Morgan fingerprint density at radius 1 is 1.36 bits per heavy atom. The average Bonchev–Trinajstić information content (AvgIpc) is 3.06. The predicted octanol–water partition coefficient (Wildman–Crippen LogP) is 5.58. The summed E-state index contributed by atoms with van der Waals surface area (Å²) >= 11 is 9.53. The van der Waals surface area contributed by atoms with E-state index in [0.29, 0.717) is 16.2 Å². The Bertz CT molecular complexity index is 994. The van der Waals surface area contributed by atoms with Gasteiger partial charge in [-0.25, -0.2) is 14.9 Å². The Morgan fingerprint density at radius 3 is 2.71 bits per heavy atom. The third-order valence-electron chi connectivity index (χ3n) is 3.71. The molecular formula is C19H21BrClFN4O2. The molecule has 9 heteroatoms. The number of carbonyl (C=O) groups excluding carboxylic acids is 1. The zero-order chi connectivity index (χ0) is 20.8. The summed E-state index contributed by atoms with van der Waals surface area (Å²) in [4.78, 5) is 21.5.